The van der Waals surface area contributed by atoms with E-state index < -0.39 is 0 Å². The van der Waals surface area contributed by atoms with Crippen molar-refractivity contribution in [1.29, 1.82) is 0 Å². The van der Waals surface area contributed by atoms with Gasteiger partial charge in [-0.05, 0) is 33.3 Å². The second kappa shape index (κ2) is 5.98. The zero-order valence-corrected chi connectivity index (χ0v) is 12.5. The molecule has 2 heterocycles. The fraction of sp³-hybridized carbons (Fsp3) is 0.571. The lowest BCUT2D eigenvalue weighted by Crippen LogP contribution is -2.28. The zero-order chi connectivity index (χ0) is 14.7. The van der Waals surface area contributed by atoms with Crippen LogP contribution >= 0.6 is 0 Å². The molecule has 0 radical (unpaired) electrons. The van der Waals surface area contributed by atoms with Crippen LogP contribution in [0.15, 0.2) is 17.4 Å². The number of hydrogen-bond acceptors (Lipinski definition) is 5. The Balaban J connectivity index is 2.32. The summed E-state index contributed by atoms with van der Waals surface area (Å²) in [5, 5.41) is 5.68. The normalized spacial score (nSPS) is 18.4. The second-order valence-corrected chi connectivity index (χ2v) is 4.70. The molecule has 6 nitrogen and oxygen atoms in total. The monoisotopic (exact) mass is 275 g/mol. The maximum atomic E-state index is 12.2. The lowest BCUT2D eigenvalue weighted by atomic mass is 10.0. The number of rotatable bonds is 5. The molecule has 1 aliphatic rings. The second-order valence-electron chi connectivity index (χ2n) is 4.70. The Morgan fingerprint density at radius 1 is 1.30 bits per heavy atom. The predicted octanol–water partition coefficient (Wildman–Crippen LogP) is 2.07. The summed E-state index contributed by atoms with van der Waals surface area (Å²) in [5.74, 6) is 0.939. The average molecular weight is 275 g/mol. The lowest BCUT2D eigenvalue weighted by molar-refractivity contribution is -0.119. The van der Waals surface area contributed by atoms with Gasteiger partial charge in [0.2, 0.25) is 0 Å². The van der Waals surface area contributed by atoms with Crippen molar-refractivity contribution in [3.63, 3.8) is 0 Å². The van der Waals surface area contributed by atoms with Crippen LogP contribution in [0.4, 0.5) is 11.8 Å². The summed E-state index contributed by atoms with van der Waals surface area (Å²) < 4.78 is 0. The van der Waals surface area contributed by atoms with E-state index in [-0.39, 0.29) is 11.8 Å². The summed E-state index contributed by atoms with van der Waals surface area (Å²) >= 11 is 0. The molecule has 1 amide bonds. The molecule has 0 aromatic carbocycles. The van der Waals surface area contributed by atoms with Crippen LogP contribution in [0.25, 0.3) is 0 Å². The average Bonchev–Trinajstić information content (AvgIpc) is 2.76. The molecule has 1 aromatic heterocycles. The predicted molar refractivity (Wildman–Crippen MR) is 80.0 cm³/mol. The fourth-order valence-electron chi connectivity index (χ4n) is 2.28. The first kappa shape index (κ1) is 14.4. The van der Waals surface area contributed by atoms with Crippen molar-refractivity contribution in [2.24, 2.45) is 11.0 Å². The number of aromatic nitrogens is 2. The highest BCUT2D eigenvalue weighted by Crippen LogP contribution is 2.23. The number of amides is 1. The van der Waals surface area contributed by atoms with Crippen LogP contribution in [0, 0.1) is 5.92 Å². The molecule has 1 aliphatic heterocycles. The summed E-state index contributed by atoms with van der Waals surface area (Å²) in [5.41, 5.74) is 0.881. The molecule has 0 aliphatic carbocycles. The van der Waals surface area contributed by atoms with Crippen LogP contribution in [0.3, 0.4) is 0 Å². The van der Waals surface area contributed by atoms with Crippen LogP contribution in [0.1, 0.15) is 34.1 Å². The van der Waals surface area contributed by atoms with Crippen molar-refractivity contribution in [3.8, 4) is 0 Å². The van der Waals surface area contributed by atoms with Crippen molar-refractivity contribution in [3.05, 3.63) is 12.3 Å². The van der Waals surface area contributed by atoms with Crippen LogP contribution < -0.4 is 9.91 Å². The molecule has 0 fully saturated rings. The van der Waals surface area contributed by atoms with Crippen molar-refractivity contribution in [2.75, 3.05) is 23.0 Å². The highest BCUT2D eigenvalue weighted by molar-refractivity contribution is 6.14. The van der Waals surface area contributed by atoms with Gasteiger partial charge in [0, 0.05) is 19.3 Å². The summed E-state index contributed by atoms with van der Waals surface area (Å²) in [7, 11) is 0. The van der Waals surface area contributed by atoms with Gasteiger partial charge in [0.1, 0.15) is 5.82 Å². The summed E-state index contributed by atoms with van der Waals surface area (Å²) in [4.78, 5) is 23.0. The Kier molecular flexibility index (Phi) is 4.32. The highest BCUT2D eigenvalue weighted by atomic mass is 16.2. The van der Waals surface area contributed by atoms with E-state index >= 15 is 0 Å². The number of nitrogens with zero attached hydrogens (tertiary/aromatic N) is 5. The van der Waals surface area contributed by atoms with E-state index in [1.807, 2.05) is 19.9 Å². The number of carbonyl (C=O) groups excluding carboxylic acids is 1. The molecule has 2 rings (SSSR count). The van der Waals surface area contributed by atoms with Crippen LogP contribution in [-0.4, -0.2) is 34.7 Å². The van der Waals surface area contributed by atoms with Crippen molar-refractivity contribution in [2.45, 2.75) is 34.1 Å². The lowest BCUT2D eigenvalue weighted by Gasteiger charge is -2.20. The minimum absolute atomic E-state index is 0.0569. The van der Waals surface area contributed by atoms with Gasteiger partial charge in [0.25, 0.3) is 11.9 Å². The van der Waals surface area contributed by atoms with E-state index in [1.165, 1.54) is 5.01 Å². The summed E-state index contributed by atoms with van der Waals surface area (Å²) in [6.45, 7) is 9.74. The molecule has 20 heavy (non-hydrogen) atoms. The zero-order valence-electron chi connectivity index (χ0n) is 12.5. The minimum Gasteiger partial charge on any atom is -0.357 e. The van der Waals surface area contributed by atoms with Gasteiger partial charge in [-0.15, -0.1) is 0 Å². The molecule has 108 valence electrons. The maximum Gasteiger partial charge on any atom is 0.258 e. The van der Waals surface area contributed by atoms with E-state index in [9.17, 15) is 4.79 Å². The Hall–Kier alpha value is -1.98. The molecule has 6 heteroatoms. The first-order valence-electron chi connectivity index (χ1n) is 7.11. The molecule has 0 saturated carbocycles. The van der Waals surface area contributed by atoms with Gasteiger partial charge in [-0.25, -0.2) is 4.98 Å². The van der Waals surface area contributed by atoms with Crippen molar-refractivity contribution < 1.29 is 4.79 Å². The SMILES string of the molecule is CCC1=NN(c2nccc(N(CC)CC)n2)C(=O)C1C. The van der Waals surface area contributed by atoms with Gasteiger partial charge in [0.15, 0.2) is 0 Å². The first-order valence-corrected chi connectivity index (χ1v) is 7.11. The molecular weight excluding hydrogens is 254 g/mol. The van der Waals surface area contributed by atoms with Gasteiger partial charge in [0.05, 0.1) is 11.6 Å². The molecule has 0 N–H and O–H groups in total. The molecule has 1 unspecified atom stereocenters. The molecule has 1 atom stereocenters. The van der Waals surface area contributed by atoms with E-state index in [1.54, 1.807) is 6.20 Å². The number of anilines is 2. The van der Waals surface area contributed by atoms with E-state index in [4.69, 9.17) is 0 Å². The van der Waals surface area contributed by atoms with Crippen LogP contribution in [0.5, 0.6) is 0 Å². The van der Waals surface area contributed by atoms with Gasteiger partial charge in [-0.1, -0.05) is 6.92 Å². The number of carbonyl (C=O) groups is 1. The largest absolute Gasteiger partial charge is 0.357 e. The van der Waals surface area contributed by atoms with E-state index in [0.29, 0.717) is 5.95 Å². The maximum absolute atomic E-state index is 12.2. The Labute approximate surface area is 119 Å². The van der Waals surface area contributed by atoms with Gasteiger partial charge < -0.3 is 4.90 Å². The minimum atomic E-state index is -0.180. The fourth-order valence-corrected chi connectivity index (χ4v) is 2.28. The Morgan fingerprint density at radius 2 is 2.00 bits per heavy atom. The van der Waals surface area contributed by atoms with Gasteiger partial charge in [-0.3, -0.25) is 4.79 Å². The molecular formula is C14H21N5O. The van der Waals surface area contributed by atoms with Gasteiger partial charge in [-0.2, -0.15) is 15.1 Å². The third kappa shape index (κ3) is 2.50. The smallest absolute Gasteiger partial charge is 0.258 e. The van der Waals surface area contributed by atoms with Crippen LogP contribution in [-0.2, 0) is 4.79 Å². The third-order valence-electron chi connectivity index (χ3n) is 3.57. The summed E-state index contributed by atoms with van der Waals surface area (Å²) in [6, 6.07) is 1.85. The number of hydrazone groups is 1. The number of hydrogen-bond donors (Lipinski definition) is 0. The molecule has 1 aromatic rings. The highest BCUT2D eigenvalue weighted by Gasteiger charge is 2.33. The molecule has 0 bridgehead atoms. The topological polar surface area (TPSA) is 61.7 Å². The Morgan fingerprint density at radius 3 is 2.55 bits per heavy atom. The standard InChI is InChI=1S/C14H21N5O/c1-5-11-10(4)13(20)19(17-11)14-15-9-8-12(16-14)18(6-2)7-3/h8-10H,5-7H2,1-4H3. The quantitative estimate of drug-likeness (QED) is 0.825. The van der Waals surface area contributed by atoms with Crippen molar-refractivity contribution in [1.82, 2.24) is 9.97 Å². The third-order valence-corrected chi connectivity index (χ3v) is 3.57. The summed E-state index contributed by atoms with van der Waals surface area (Å²) in [6.07, 6.45) is 2.44. The van der Waals surface area contributed by atoms with E-state index in [2.05, 4.69) is 33.8 Å². The van der Waals surface area contributed by atoms with Gasteiger partial charge >= 0.3 is 0 Å². The van der Waals surface area contributed by atoms with E-state index in [0.717, 1.165) is 31.0 Å². The molecule has 0 spiro atoms. The molecule has 0 saturated heterocycles. The van der Waals surface area contributed by atoms with Crippen LogP contribution in [0.2, 0.25) is 0 Å². The van der Waals surface area contributed by atoms with Crippen molar-refractivity contribution >= 4 is 23.4 Å². The first-order chi connectivity index (χ1) is 9.62. The Bertz CT molecular complexity index is 524.